The molecule has 106 valence electrons. The van der Waals surface area contributed by atoms with E-state index in [1.54, 1.807) is 18.3 Å². The molecule has 0 spiro atoms. The van der Waals surface area contributed by atoms with Gasteiger partial charge in [-0.05, 0) is 30.3 Å². The molecule has 0 radical (unpaired) electrons. The van der Waals surface area contributed by atoms with Crippen LogP contribution in [-0.4, -0.2) is 22.6 Å². The SMILES string of the molecule is O=C(Nc1cccnc1)c1ccc(C#CCCO)c(F)c1. The number of pyridine rings is 1. The quantitative estimate of drug-likeness (QED) is 0.849. The first-order valence-corrected chi connectivity index (χ1v) is 6.31. The van der Waals surface area contributed by atoms with Crippen molar-refractivity contribution in [2.45, 2.75) is 6.42 Å². The normalized spacial score (nSPS) is 9.62. The van der Waals surface area contributed by atoms with Crippen LogP contribution < -0.4 is 5.32 Å². The number of aliphatic hydroxyl groups excluding tert-OH is 1. The molecule has 1 aromatic carbocycles. The van der Waals surface area contributed by atoms with Crippen molar-refractivity contribution in [2.24, 2.45) is 0 Å². The summed E-state index contributed by atoms with van der Waals surface area (Å²) in [7, 11) is 0. The molecule has 2 aromatic rings. The van der Waals surface area contributed by atoms with Crippen molar-refractivity contribution in [3.05, 3.63) is 59.7 Å². The smallest absolute Gasteiger partial charge is 0.255 e. The molecule has 0 saturated carbocycles. The predicted molar refractivity (Wildman–Crippen MR) is 77.2 cm³/mol. The summed E-state index contributed by atoms with van der Waals surface area (Å²) in [5.74, 6) is 4.25. The largest absolute Gasteiger partial charge is 0.395 e. The second kappa shape index (κ2) is 7.17. The van der Waals surface area contributed by atoms with Crippen LogP contribution >= 0.6 is 0 Å². The van der Waals surface area contributed by atoms with Gasteiger partial charge in [0.05, 0.1) is 24.1 Å². The van der Waals surface area contributed by atoms with E-state index >= 15 is 0 Å². The molecule has 4 nitrogen and oxygen atoms in total. The van der Waals surface area contributed by atoms with E-state index in [9.17, 15) is 9.18 Å². The summed E-state index contributed by atoms with van der Waals surface area (Å²) in [6, 6.07) is 7.45. The molecule has 0 fully saturated rings. The van der Waals surface area contributed by atoms with E-state index < -0.39 is 11.7 Å². The van der Waals surface area contributed by atoms with E-state index in [0.717, 1.165) is 6.07 Å². The van der Waals surface area contributed by atoms with Crippen LogP contribution in [0.3, 0.4) is 0 Å². The third-order valence-corrected chi connectivity index (χ3v) is 2.61. The zero-order chi connectivity index (χ0) is 15.1. The maximum absolute atomic E-state index is 13.8. The summed E-state index contributed by atoms with van der Waals surface area (Å²) < 4.78 is 13.8. The van der Waals surface area contributed by atoms with Gasteiger partial charge in [-0.25, -0.2) is 4.39 Å². The van der Waals surface area contributed by atoms with E-state index in [-0.39, 0.29) is 24.2 Å². The van der Waals surface area contributed by atoms with Gasteiger partial charge in [0, 0.05) is 18.2 Å². The summed E-state index contributed by atoms with van der Waals surface area (Å²) >= 11 is 0. The minimum absolute atomic E-state index is 0.0692. The standard InChI is InChI=1S/C16H13FN2O2/c17-15-10-13(7-6-12(15)4-1-2-9-20)16(21)19-14-5-3-8-18-11-14/h3,5-8,10-11,20H,2,9H2,(H,19,21). The molecule has 0 aliphatic heterocycles. The molecule has 2 N–H and O–H groups in total. The number of amides is 1. The summed E-state index contributed by atoms with van der Waals surface area (Å²) in [6.07, 6.45) is 3.38. The number of carbonyl (C=O) groups excluding carboxylic acids is 1. The maximum atomic E-state index is 13.8. The highest BCUT2D eigenvalue weighted by Crippen LogP contribution is 2.12. The van der Waals surface area contributed by atoms with Crippen molar-refractivity contribution < 1.29 is 14.3 Å². The number of nitrogens with zero attached hydrogens (tertiary/aromatic N) is 1. The Balaban J connectivity index is 2.13. The molecule has 1 heterocycles. The van der Waals surface area contributed by atoms with Gasteiger partial charge < -0.3 is 10.4 Å². The number of hydrogen-bond acceptors (Lipinski definition) is 3. The van der Waals surface area contributed by atoms with E-state index in [4.69, 9.17) is 5.11 Å². The van der Waals surface area contributed by atoms with Crippen molar-refractivity contribution in [1.82, 2.24) is 4.98 Å². The summed E-state index contributed by atoms with van der Waals surface area (Å²) in [4.78, 5) is 15.8. The average molecular weight is 284 g/mol. The van der Waals surface area contributed by atoms with Gasteiger partial charge in [0.25, 0.3) is 5.91 Å². The van der Waals surface area contributed by atoms with Gasteiger partial charge >= 0.3 is 0 Å². The lowest BCUT2D eigenvalue weighted by Crippen LogP contribution is -2.12. The van der Waals surface area contributed by atoms with Crippen LogP contribution in [0, 0.1) is 17.7 Å². The van der Waals surface area contributed by atoms with E-state index in [2.05, 4.69) is 22.1 Å². The van der Waals surface area contributed by atoms with Crippen molar-refractivity contribution in [3.8, 4) is 11.8 Å². The minimum atomic E-state index is -0.570. The molecule has 0 saturated heterocycles. The number of benzene rings is 1. The number of rotatable bonds is 3. The molecule has 0 unspecified atom stereocenters. The van der Waals surface area contributed by atoms with Crippen LogP contribution in [0.25, 0.3) is 0 Å². The van der Waals surface area contributed by atoms with Crippen LogP contribution in [0.2, 0.25) is 0 Å². The number of aliphatic hydroxyl groups is 1. The zero-order valence-corrected chi connectivity index (χ0v) is 11.1. The molecule has 0 aliphatic rings. The first kappa shape index (κ1) is 14.7. The van der Waals surface area contributed by atoms with E-state index in [1.165, 1.54) is 18.3 Å². The van der Waals surface area contributed by atoms with Gasteiger partial charge in [-0.3, -0.25) is 9.78 Å². The highest BCUT2D eigenvalue weighted by Gasteiger charge is 2.09. The van der Waals surface area contributed by atoms with Crippen molar-refractivity contribution in [3.63, 3.8) is 0 Å². The fourth-order valence-corrected chi connectivity index (χ4v) is 1.61. The van der Waals surface area contributed by atoms with Crippen LogP contribution in [0.4, 0.5) is 10.1 Å². The Morgan fingerprint density at radius 1 is 1.38 bits per heavy atom. The first-order chi connectivity index (χ1) is 10.2. The lowest BCUT2D eigenvalue weighted by Gasteiger charge is -2.05. The van der Waals surface area contributed by atoms with Gasteiger partial charge in [-0.15, -0.1) is 0 Å². The molecule has 0 aliphatic carbocycles. The Morgan fingerprint density at radius 3 is 2.90 bits per heavy atom. The van der Waals surface area contributed by atoms with Crippen molar-refractivity contribution >= 4 is 11.6 Å². The molecule has 1 amide bonds. The Hall–Kier alpha value is -2.71. The van der Waals surface area contributed by atoms with Gasteiger partial charge in [0.1, 0.15) is 5.82 Å². The fraction of sp³-hybridized carbons (Fsp3) is 0.125. The fourth-order valence-electron chi connectivity index (χ4n) is 1.61. The topological polar surface area (TPSA) is 62.2 Å². The van der Waals surface area contributed by atoms with E-state index in [0.29, 0.717) is 5.69 Å². The second-order valence-electron chi connectivity index (χ2n) is 4.17. The van der Waals surface area contributed by atoms with Crippen LogP contribution in [0.5, 0.6) is 0 Å². The van der Waals surface area contributed by atoms with Crippen LogP contribution in [0.1, 0.15) is 22.3 Å². The molecule has 0 bridgehead atoms. The molecule has 2 rings (SSSR count). The van der Waals surface area contributed by atoms with Gasteiger partial charge in [-0.1, -0.05) is 11.8 Å². The molecule has 5 heteroatoms. The van der Waals surface area contributed by atoms with Gasteiger partial charge in [0.2, 0.25) is 0 Å². The molecule has 1 aromatic heterocycles. The number of halogens is 1. The Bertz CT molecular complexity index is 690. The summed E-state index contributed by atoms with van der Waals surface area (Å²) in [5.41, 5.74) is 0.931. The lowest BCUT2D eigenvalue weighted by molar-refractivity contribution is 0.102. The van der Waals surface area contributed by atoms with Crippen molar-refractivity contribution in [1.29, 1.82) is 0 Å². The third kappa shape index (κ3) is 4.13. The molecule has 0 atom stereocenters. The number of carbonyl (C=O) groups is 1. The highest BCUT2D eigenvalue weighted by molar-refractivity contribution is 6.04. The Morgan fingerprint density at radius 2 is 2.24 bits per heavy atom. The average Bonchev–Trinajstić information content (AvgIpc) is 2.50. The Labute approximate surface area is 121 Å². The van der Waals surface area contributed by atoms with Crippen LogP contribution in [0.15, 0.2) is 42.7 Å². The Kier molecular flexibility index (Phi) is 5.02. The summed E-state index contributed by atoms with van der Waals surface area (Å²) in [6.45, 7) is -0.0692. The molecule has 21 heavy (non-hydrogen) atoms. The molecular weight excluding hydrogens is 271 g/mol. The second-order valence-corrected chi connectivity index (χ2v) is 4.17. The molecular formula is C16H13FN2O2. The van der Waals surface area contributed by atoms with Gasteiger partial charge in [-0.2, -0.15) is 0 Å². The highest BCUT2D eigenvalue weighted by atomic mass is 19.1. The number of nitrogens with one attached hydrogen (secondary N) is 1. The lowest BCUT2D eigenvalue weighted by atomic mass is 10.1. The minimum Gasteiger partial charge on any atom is -0.395 e. The monoisotopic (exact) mass is 284 g/mol. The number of aromatic nitrogens is 1. The van der Waals surface area contributed by atoms with Crippen molar-refractivity contribution in [2.75, 3.05) is 11.9 Å². The van der Waals surface area contributed by atoms with E-state index in [1.807, 2.05) is 0 Å². The predicted octanol–water partition coefficient (Wildman–Crippen LogP) is 2.21. The maximum Gasteiger partial charge on any atom is 0.255 e. The van der Waals surface area contributed by atoms with Gasteiger partial charge in [0.15, 0.2) is 0 Å². The van der Waals surface area contributed by atoms with Crippen LogP contribution in [-0.2, 0) is 0 Å². The zero-order valence-electron chi connectivity index (χ0n) is 11.1. The summed E-state index contributed by atoms with van der Waals surface area (Å²) in [5, 5.41) is 11.2. The number of anilines is 1. The first-order valence-electron chi connectivity index (χ1n) is 6.31. The third-order valence-electron chi connectivity index (χ3n) is 2.61. The number of hydrogen-bond donors (Lipinski definition) is 2.